The number of likely N-dealkylation sites (tertiary alicyclic amines) is 1. The van der Waals surface area contributed by atoms with Gasteiger partial charge in [-0.05, 0) is 37.3 Å². The topological polar surface area (TPSA) is 33.2 Å². The fourth-order valence-corrected chi connectivity index (χ4v) is 2.23. The van der Waals surface area contributed by atoms with E-state index >= 15 is 0 Å². The molecule has 1 aliphatic rings. The smallest absolute Gasteiger partial charge is 0.255 e. The first-order chi connectivity index (χ1) is 7.68. The minimum Gasteiger partial charge on any atom is -0.338 e. The van der Waals surface area contributed by atoms with Crippen molar-refractivity contribution in [2.24, 2.45) is 5.92 Å². The van der Waals surface area contributed by atoms with Gasteiger partial charge in [0.2, 0.25) is 0 Å². The molecule has 0 aromatic carbocycles. The summed E-state index contributed by atoms with van der Waals surface area (Å²) in [5.41, 5.74) is 1.76. The Hall–Kier alpha value is -1.38. The Morgan fingerprint density at radius 2 is 2.38 bits per heavy atom. The van der Waals surface area contributed by atoms with Crippen LogP contribution in [-0.4, -0.2) is 28.9 Å². The average Bonchev–Trinajstić information content (AvgIpc) is 2.29. The molecule has 3 heteroatoms. The summed E-state index contributed by atoms with van der Waals surface area (Å²) in [5.74, 6) is 0.756. The van der Waals surface area contributed by atoms with Crippen LogP contribution in [0.1, 0.15) is 35.7 Å². The van der Waals surface area contributed by atoms with Gasteiger partial charge < -0.3 is 4.90 Å². The molecule has 16 heavy (non-hydrogen) atoms. The first-order valence-corrected chi connectivity index (χ1v) is 5.88. The molecule has 2 heterocycles. The third-order valence-corrected chi connectivity index (χ3v) is 3.21. The van der Waals surface area contributed by atoms with E-state index in [0.717, 1.165) is 30.6 Å². The summed E-state index contributed by atoms with van der Waals surface area (Å²) >= 11 is 0. The molecule has 1 saturated heterocycles. The second-order valence-corrected chi connectivity index (χ2v) is 4.69. The summed E-state index contributed by atoms with van der Waals surface area (Å²) < 4.78 is 0. The lowest BCUT2D eigenvalue weighted by atomic mass is 9.99. The normalized spacial score (nSPS) is 20.9. The zero-order chi connectivity index (χ0) is 11.5. The number of carbonyl (C=O) groups excluding carboxylic acids is 1. The van der Waals surface area contributed by atoms with Crippen LogP contribution in [-0.2, 0) is 0 Å². The SMILES string of the molecule is Cc1ccncc1C(=O)N1CCCC(C)C1. The molecule has 2 rings (SSSR count). The molecule has 1 aromatic rings. The summed E-state index contributed by atoms with van der Waals surface area (Å²) in [7, 11) is 0. The van der Waals surface area contributed by atoms with Gasteiger partial charge in [0.1, 0.15) is 0 Å². The zero-order valence-corrected chi connectivity index (χ0v) is 9.94. The predicted octanol–water partition coefficient (Wildman–Crippen LogP) is 2.26. The zero-order valence-electron chi connectivity index (χ0n) is 9.94. The minimum absolute atomic E-state index is 0.136. The molecule has 0 aliphatic carbocycles. The molecule has 1 unspecified atom stereocenters. The molecule has 1 aliphatic heterocycles. The standard InChI is InChI=1S/C13H18N2O/c1-10-4-3-7-15(9-10)13(16)12-8-14-6-5-11(12)2/h5-6,8,10H,3-4,7,9H2,1-2H3. The third-order valence-electron chi connectivity index (χ3n) is 3.21. The van der Waals surface area contributed by atoms with E-state index in [9.17, 15) is 4.79 Å². The molecule has 0 bridgehead atoms. The lowest BCUT2D eigenvalue weighted by molar-refractivity contribution is 0.0682. The van der Waals surface area contributed by atoms with E-state index in [1.807, 2.05) is 17.9 Å². The highest BCUT2D eigenvalue weighted by Crippen LogP contribution is 2.18. The van der Waals surface area contributed by atoms with Crippen molar-refractivity contribution < 1.29 is 4.79 Å². The second-order valence-electron chi connectivity index (χ2n) is 4.69. The van der Waals surface area contributed by atoms with E-state index < -0.39 is 0 Å². The van der Waals surface area contributed by atoms with Crippen molar-refractivity contribution in [2.45, 2.75) is 26.7 Å². The van der Waals surface area contributed by atoms with Crippen LogP contribution in [0.5, 0.6) is 0 Å². The van der Waals surface area contributed by atoms with Crippen LogP contribution in [0.4, 0.5) is 0 Å². The number of hydrogen-bond donors (Lipinski definition) is 0. The molecule has 0 N–H and O–H groups in total. The van der Waals surface area contributed by atoms with Crippen LogP contribution < -0.4 is 0 Å². The number of aromatic nitrogens is 1. The van der Waals surface area contributed by atoms with Gasteiger partial charge in [-0.25, -0.2) is 0 Å². The van der Waals surface area contributed by atoms with Gasteiger partial charge in [-0.2, -0.15) is 0 Å². The van der Waals surface area contributed by atoms with Gasteiger partial charge in [-0.1, -0.05) is 6.92 Å². The molecule has 1 amide bonds. The van der Waals surface area contributed by atoms with Crippen LogP contribution in [0.3, 0.4) is 0 Å². The summed E-state index contributed by atoms with van der Waals surface area (Å²) in [5, 5.41) is 0. The lowest BCUT2D eigenvalue weighted by Gasteiger charge is -2.31. The highest BCUT2D eigenvalue weighted by Gasteiger charge is 2.22. The van der Waals surface area contributed by atoms with Gasteiger partial charge >= 0.3 is 0 Å². The van der Waals surface area contributed by atoms with Gasteiger partial charge in [0, 0.05) is 25.5 Å². The quantitative estimate of drug-likeness (QED) is 0.724. The summed E-state index contributed by atoms with van der Waals surface area (Å²) in [6, 6.07) is 1.89. The van der Waals surface area contributed by atoms with Gasteiger partial charge in [0.15, 0.2) is 0 Å². The Labute approximate surface area is 96.5 Å². The van der Waals surface area contributed by atoms with Gasteiger partial charge in [-0.3, -0.25) is 9.78 Å². The minimum atomic E-state index is 0.136. The first-order valence-electron chi connectivity index (χ1n) is 5.88. The first kappa shape index (κ1) is 11.1. The fraction of sp³-hybridized carbons (Fsp3) is 0.538. The van der Waals surface area contributed by atoms with Crippen molar-refractivity contribution in [3.8, 4) is 0 Å². The average molecular weight is 218 g/mol. The number of piperidine rings is 1. The van der Waals surface area contributed by atoms with Gasteiger partial charge in [-0.15, -0.1) is 0 Å². The number of rotatable bonds is 1. The molecule has 0 saturated carbocycles. The monoisotopic (exact) mass is 218 g/mol. The van der Waals surface area contributed by atoms with Crippen molar-refractivity contribution in [3.05, 3.63) is 29.6 Å². The van der Waals surface area contributed by atoms with Crippen LogP contribution in [0.25, 0.3) is 0 Å². The summed E-state index contributed by atoms with van der Waals surface area (Å²) in [6.07, 6.45) is 5.75. The second kappa shape index (κ2) is 4.64. The number of carbonyl (C=O) groups is 1. The summed E-state index contributed by atoms with van der Waals surface area (Å²) in [6.45, 7) is 5.93. The predicted molar refractivity (Wildman–Crippen MR) is 63.3 cm³/mol. The van der Waals surface area contributed by atoms with Crippen molar-refractivity contribution in [1.82, 2.24) is 9.88 Å². The Bertz CT molecular complexity index is 389. The molecule has 0 radical (unpaired) electrons. The third kappa shape index (κ3) is 2.23. The number of nitrogens with zero attached hydrogens (tertiary/aromatic N) is 2. The van der Waals surface area contributed by atoms with E-state index in [-0.39, 0.29) is 5.91 Å². The lowest BCUT2D eigenvalue weighted by Crippen LogP contribution is -2.39. The van der Waals surface area contributed by atoms with E-state index in [0.29, 0.717) is 5.92 Å². The maximum absolute atomic E-state index is 12.3. The number of aryl methyl sites for hydroxylation is 1. The number of hydrogen-bond acceptors (Lipinski definition) is 2. The molecule has 1 aromatic heterocycles. The number of pyridine rings is 1. The molecule has 0 spiro atoms. The maximum atomic E-state index is 12.3. The molecule has 1 fully saturated rings. The molecular weight excluding hydrogens is 200 g/mol. The molecular formula is C13H18N2O. The molecule has 86 valence electrons. The van der Waals surface area contributed by atoms with Crippen LogP contribution in [0, 0.1) is 12.8 Å². The Morgan fingerprint density at radius 1 is 1.56 bits per heavy atom. The fourth-order valence-electron chi connectivity index (χ4n) is 2.23. The Balaban J connectivity index is 2.16. The van der Waals surface area contributed by atoms with Crippen LogP contribution >= 0.6 is 0 Å². The van der Waals surface area contributed by atoms with E-state index in [2.05, 4.69) is 11.9 Å². The molecule has 3 nitrogen and oxygen atoms in total. The van der Waals surface area contributed by atoms with E-state index in [1.165, 1.54) is 6.42 Å². The van der Waals surface area contributed by atoms with E-state index in [1.54, 1.807) is 12.4 Å². The van der Waals surface area contributed by atoms with Crippen molar-refractivity contribution in [3.63, 3.8) is 0 Å². The van der Waals surface area contributed by atoms with Gasteiger partial charge in [0.05, 0.1) is 5.56 Å². The van der Waals surface area contributed by atoms with E-state index in [4.69, 9.17) is 0 Å². The number of amides is 1. The highest BCUT2D eigenvalue weighted by atomic mass is 16.2. The van der Waals surface area contributed by atoms with Crippen molar-refractivity contribution >= 4 is 5.91 Å². The van der Waals surface area contributed by atoms with Gasteiger partial charge in [0.25, 0.3) is 5.91 Å². The Kier molecular flexibility index (Phi) is 3.22. The summed E-state index contributed by atoms with van der Waals surface area (Å²) in [4.78, 5) is 18.2. The largest absolute Gasteiger partial charge is 0.338 e. The molecule has 1 atom stereocenters. The van der Waals surface area contributed by atoms with Crippen LogP contribution in [0.2, 0.25) is 0 Å². The van der Waals surface area contributed by atoms with Crippen molar-refractivity contribution in [1.29, 1.82) is 0 Å². The highest BCUT2D eigenvalue weighted by molar-refractivity contribution is 5.95. The van der Waals surface area contributed by atoms with Crippen LogP contribution in [0.15, 0.2) is 18.5 Å². The maximum Gasteiger partial charge on any atom is 0.255 e. The Morgan fingerprint density at radius 3 is 3.06 bits per heavy atom. The van der Waals surface area contributed by atoms with Crippen molar-refractivity contribution in [2.75, 3.05) is 13.1 Å².